The van der Waals surface area contributed by atoms with E-state index < -0.39 is 11.5 Å². The molecular weight excluding hydrogens is 228 g/mol. The summed E-state index contributed by atoms with van der Waals surface area (Å²) in [5.74, 6) is -0.892. The van der Waals surface area contributed by atoms with Crippen molar-refractivity contribution in [2.75, 3.05) is 13.1 Å². The number of benzene rings is 1. The number of likely N-dealkylation sites (tertiary alicyclic amines) is 1. The first kappa shape index (κ1) is 13.1. The van der Waals surface area contributed by atoms with E-state index in [9.17, 15) is 4.79 Å². The zero-order chi connectivity index (χ0) is 13.2. The van der Waals surface area contributed by atoms with Crippen LogP contribution in [0.2, 0.25) is 0 Å². The topological polar surface area (TPSA) is 66.6 Å². The number of hydrogen-bond acceptors (Lipinski definition) is 3. The highest BCUT2D eigenvalue weighted by atomic mass is 16.4. The number of nitrogens with two attached hydrogens (primary N) is 1. The summed E-state index contributed by atoms with van der Waals surface area (Å²) in [5.41, 5.74) is 7.28. The minimum absolute atomic E-state index is 0.427. The van der Waals surface area contributed by atoms with E-state index in [0.29, 0.717) is 13.0 Å². The predicted molar refractivity (Wildman–Crippen MR) is 70.2 cm³/mol. The van der Waals surface area contributed by atoms with Gasteiger partial charge in [-0.25, -0.2) is 0 Å². The van der Waals surface area contributed by atoms with Crippen molar-refractivity contribution in [3.8, 4) is 0 Å². The number of carboxylic acid groups (broad SMARTS) is 1. The molecule has 0 aliphatic carbocycles. The van der Waals surface area contributed by atoms with Crippen LogP contribution in [0.3, 0.4) is 0 Å². The molecule has 0 bridgehead atoms. The molecule has 4 heteroatoms. The molecule has 1 aliphatic heterocycles. The van der Waals surface area contributed by atoms with E-state index in [1.165, 1.54) is 11.1 Å². The lowest BCUT2D eigenvalue weighted by atomic mass is 9.90. The lowest BCUT2D eigenvalue weighted by molar-refractivity contribution is -0.145. The zero-order valence-electron chi connectivity index (χ0n) is 10.7. The normalized spacial score (nSPS) is 25.0. The first-order chi connectivity index (χ1) is 8.49. The minimum Gasteiger partial charge on any atom is -0.480 e. The maximum absolute atomic E-state index is 11.2. The first-order valence-corrected chi connectivity index (χ1v) is 6.30. The monoisotopic (exact) mass is 248 g/mol. The summed E-state index contributed by atoms with van der Waals surface area (Å²) in [6.45, 7) is 4.17. The van der Waals surface area contributed by atoms with Crippen molar-refractivity contribution in [1.29, 1.82) is 0 Å². The number of hydrogen-bond donors (Lipinski definition) is 2. The minimum atomic E-state index is -1.08. The highest BCUT2D eigenvalue weighted by Gasteiger charge is 2.38. The van der Waals surface area contributed by atoms with E-state index in [-0.39, 0.29) is 0 Å². The molecule has 2 rings (SSSR count). The molecule has 0 amide bonds. The number of nitrogens with zero attached hydrogens (tertiary/aromatic N) is 1. The average Bonchev–Trinajstić information content (AvgIpc) is 2.32. The molecule has 0 spiro atoms. The van der Waals surface area contributed by atoms with Gasteiger partial charge in [0.15, 0.2) is 0 Å². The number of carbonyl (C=O) groups is 1. The van der Waals surface area contributed by atoms with Crippen LogP contribution in [-0.4, -0.2) is 34.6 Å². The number of carboxylic acids is 1. The fourth-order valence-corrected chi connectivity index (χ4v) is 2.44. The van der Waals surface area contributed by atoms with Crippen LogP contribution >= 0.6 is 0 Å². The Morgan fingerprint density at radius 2 is 2.11 bits per heavy atom. The van der Waals surface area contributed by atoms with Crippen LogP contribution < -0.4 is 5.73 Å². The Balaban J connectivity index is 2.02. The van der Waals surface area contributed by atoms with Gasteiger partial charge in [0.1, 0.15) is 5.54 Å². The van der Waals surface area contributed by atoms with E-state index in [4.69, 9.17) is 10.8 Å². The van der Waals surface area contributed by atoms with Gasteiger partial charge in [-0.1, -0.05) is 29.8 Å². The largest absolute Gasteiger partial charge is 0.480 e. The van der Waals surface area contributed by atoms with Gasteiger partial charge >= 0.3 is 5.97 Å². The van der Waals surface area contributed by atoms with Crippen molar-refractivity contribution in [2.24, 2.45) is 5.73 Å². The molecule has 1 aliphatic rings. The highest BCUT2D eigenvalue weighted by molar-refractivity contribution is 5.78. The maximum atomic E-state index is 11.2. The highest BCUT2D eigenvalue weighted by Crippen LogP contribution is 2.20. The summed E-state index contributed by atoms with van der Waals surface area (Å²) in [6.07, 6.45) is 1.40. The number of aryl methyl sites for hydroxylation is 1. The Kier molecular flexibility index (Phi) is 3.68. The summed E-state index contributed by atoms with van der Waals surface area (Å²) in [7, 11) is 0. The summed E-state index contributed by atoms with van der Waals surface area (Å²) in [4.78, 5) is 13.3. The smallest absolute Gasteiger partial charge is 0.325 e. The third kappa shape index (κ3) is 2.89. The number of rotatable bonds is 3. The third-order valence-corrected chi connectivity index (χ3v) is 3.56. The van der Waals surface area contributed by atoms with Crippen LogP contribution in [0, 0.1) is 6.92 Å². The second-order valence-electron chi connectivity index (χ2n) is 5.26. The lowest BCUT2D eigenvalue weighted by Crippen LogP contribution is -2.59. The Labute approximate surface area is 107 Å². The lowest BCUT2D eigenvalue weighted by Gasteiger charge is -2.37. The number of piperidine rings is 1. The summed E-state index contributed by atoms with van der Waals surface area (Å²) >= 11 is 0. The summed E-state index contributed by atoms with van der Waals surface area (Å²) < 4.78 is 0. The second kappa shape index (κ2) is 5.08. The molecule has 1 unspecified atom stereocenters. The summed E-state index contributed by atoms with van der Waals surface area (Å²) in [5, 5.41) is 9.17. The molecule has 18 heavy (non-hydrogen) atoms. The third-order valence-electron chi connectivity index (χ3n) is 3.56. The summed E-state index contributed by atoms with van der Waals surface area (Å²) in [6, 6.07) is 8.32. The van der Waals surface area contributed by atoms with Gasteiger partial charge in [0.2, 0.25) is 0 Å². The standard InChI is InChI=1S/C14H20N2O2/c1-11-3-5-12(6-4-11)9-16-8-2-7-14(15,10-16)13(17)18/h3-6H,2,7-10,15H2,1H3,(H,17,18). The van der Waals surface area contributed by atoms with E-state index >= 15 is 0 Å². The fraction of sp³-hybridized carbons (Fsp3) is 0.500. The molecule has 1 heterocycles. The van der Waals surface area contributed by atoms with Crippen LogP contribution in [-0.2, 0) is 11.3 Å². The van der Waals surface area contributed by atoms with Gasteiger partial charge in [0.05, 0.1) is 0 Å². The molecule has 0 radical (unpaired) electrons. The van der Waals surface area contributed by atoms with Crippen molar-refractivity contribution in [3.05, 3.63) is 35.4 Å². The van der Waals surface area contributed by atoms with Gasteiger partial charge in [0.25, 0.3) is 0 Å². The van der Waals surface area contributed by atoms with Gasteiger partial charge in [-0.2, -0.15) is 0 Å². The second-order valence-corrected chi connectivity index (χ2v) is 5.26. The zero-order valence-corrected chi connectivity index (χ0v) is 10.7. The van der Waals surface area contributed by atoms with Crippen molar-refractivity contribution in [1.82, 2.24) is 4.90 Å². The van der Waals surface area contributed by atoms with Crippen molar-refractivity contribution < 1.29 is 9.90 Å². The molecule has 0 aromatic heterocycles. The predicted octanol–water partition coefficient (Wildman–Crippen LogP) is 1.37. The van der Waals surface area contributed by atoms with Gasteiger partial charge in [-0.15, -0.1) is 0 Å². The van der Waals surface area contributed by atoms with Crippen molar-refractivity contribution in [2.45, 2.75) is 31.8 Å². The van der Waals surface area contributed by atoms with Crippen LogP contribution in [0.4, 0.5) is 0 Å². The first-order valence-electron chi connectivity index (χ1n) is 6.30. The molecule has 1 atom stereocenters. The van der Waals surface area contributed by atoms with Crippen molar-refractivity contribution >= 4 is 5.97 Å². The molecule has 3 N–H and O–H groups in total. The SMILES string of the molecule is Cc1ccc(CN2CCCC(N)(C(=O)O)C2)cc1. The molecule has 1 aromatic rings. The van der Waals surface area contributed by atoms with E-state index in [1.54, 1.807) is 0 Å². The molecule has 1 fully saturated rings. The Morgan fingerprint density at radius 1 is 1.44 bits per heavy atom. The fourth-order valence-electron chi connectivity index (χ4n) is 2.44. The Morgan fingerprint density at radius 3 is 2.72 bits per heavy atom. The van der Waals surface area contributed by atoms with Crippen LogP contribution in [0.5, 0.6) is 0 Å². The molecule has 4 nitrogen and oxygen atoms in total. The molecule has 98 valence electrons. The van der Waals surface area contributed by atoms with Crippen LogP contribution in [0.15, 0.2) is 24.3 Å². The Bertz CT molecular complexity index is 430. The van der Waals surface area contributed by atoms with Gasteiger partial charge < -0.3 is 10.8 Å². The van der Waals surface area contributed by atoms with E-state index in [0.717, 1.165) is 19.5 Å². The molecule has 1 saturated heterocycles. The van der Waals surface area contributed by atoms with Crippen LogP contribution in [0.25, 0.3) is 0 Å². The van der Waals surface area contributed by atoms with Crippen LogP contribution in [0.1, 0.15) is 24.0 Å². The molecular formula is C14H20N2O2. The van der Waals surface area contributed by atoms with Crippen molar-refractivity contribution in [3.63, 3.8) is 0 Å². The molecule has 0 saturated carbocycles. The van der Waals surface area contributed by atoms with Gasteiger partial charge in [0, 0.05) is 13.1 Å². The Hall–Kier alpha value is -1.39. The molecule has 1 aromatic carbocycles. The maximum Gasteiger partial charge on any atom is 0.325 e. The van der Waals surface area contributed by atoms with Gasteiger partial charge in [-0.05, 0) is 31.9 Å². The quantitative estimate of drug-likeness (QED) is 0.848. The number of aliphatic carboxylic acids is 1. The van der Waals surface area contributed by atoms with Gasteiger partial charge in [-0.3, -0.25) is 9.69 Å². The average molecular weight is 248 g/mol. The van der Waals surface area contributed by atoms with E-state index in [2.05, 4.69) is 36.1 Å². The van der Waals surface area contributed by atoms with E-state index in [1.807, 2.05) is 0 Å².